The van der Waals surface area contributed by atoms with Crippen LogP contribution in [0.15, 0.2) is 47.4 Å². The van der Waals surface area contributed by atoms with E-state index in [1.807, 2.05) is 0 Å². The maximum absolute atomic E-state index is 12.5. The first-order chi connectivity index (χ1) is 11.9. The van der Waals surface area contributed by atoms with E-state index in [9.17, 15) is 36.5 Å². The number of carboxylic acids is 1. The molecule has 0 aromatic heterocycles. The van der Waals surface area contributed by atoms with Gasteiger partial charge in [0, 0.05) is 12.1 Å². The highest BCUT2D eigenvalue weighted by atomic mass is 32.2. The molecule has 0 aliphatic carbocycles. The Morgan fingerprint density at radius 2 is 1.69 bits per heavy atom. The molecular formula is C15H10F3NO6S. The van der Waals surface area contributed by atoms with Crippen molar-refractivity contribution in [1.29, 1.82) is 0 Å². The van der Waals surface area contributed by atoms with E-state index in [0.717, 1.165) is 36.4 Å². The van der Waals surface area contributed by atoms with Gasteiger partial charge < -0.3 is 5.11 Å². The number of hydrogen-bond acceptors (Lipinski definition) is 5. The minimum absolute atomic E-state index is 0.0635. The van der Waals surface area contributed by atoms with E-state index in [1.165, 1.54) is 6.07 Å². The Hall–Kier alpha value is -2.95. The number of aromatic carboxylic acids is 1. The van der Waals surface area contributed by atoms with Gasteiger partial charge in [-0.3, -0.25) is 10.1 Å². The number of sulfone groups is 1. The number of nitro benzene ring substituents is 1. The Morgan fingerprint density at radius 1 is 1.12 bits per heavy atom. The number of non-ortho nitro benzene ring substituents is 1. The molecule has 0 fully saturated rings. The van der Waals surface area contributed by atoms with Gasteiger partial charge in [-0.2, -0.15) is 13.2 Å². The lowest BCUT2D eigenvalue weighted by molar-refractivity contribution is -0.384. The van der Waals surface area contributed by atoms with Crippen molar-refractivity contribution in [2.45, 2.75) is 16.8 Å². The summed E-state index contributed by atoms with van der Waals surface area (Å²) in [6.07, 6.45) is -0.0635. The number of alkyl halides is 3. The zero-order valence-corrected chi connectivity index (χ0v) is 13.5. The molecule has 0 radical (unpaired) electrons. The molecule has 138 valence electrons. The maximum atomic E-state index is 12.5. The third-order valence-corrected chi connectivity index (χ3v) is 4.97. The normalized spacial score (nSPS) is 12.0. The molecule has 0 spiro atoms. The molecule has 1 N–H and O–H groups in total. The number of nitro groups is 1. The highest BCUT2D eigenvalue weighted by Crippen LogP contribution is 2.30. The molecule has 2 aromatic rings. The van der Waals surface area contributed by atoms with Crippen LogP contribution in [-0.4, -0.2) is 29.9 Å². The summed E-state index contributed by atoms with van der Waals surface area (Å²) in [7, 11) is -5.47. The third kappa shape index (κ3) is 3.82. The lowest BCUT2D eigenvalue weighted by atomic mass is 9.99. The number of benzene rings is 2. The van der Waals surface area contributed by atoms with E-state index < -0.39 is 36.8 Å². The molecule has 0 saturated carbocycles. The molecule has 0 bridgehead atoms. The van der Waals surface area contributed by atoms with Gasteiger partial charge in [0.25, 0.3) is 15.5 Å². The molecule has 0 saturated heterocycles. The molecule has 0 aliphatic heterocycles. The van der Waals surface area contributed by atoms with Crippen LogP contribution in [0.3, 0.4) is 0 Å². The largest absolute Gasteiger partial charge is 0.501 e. The highest BCUT2D eigenvalue weighted by Gasteiger charge is 2.46. The summed E-state index contributed by atoms with van der Waals surface area (Å²) < 4.78 is 60.1. The highest BCUT2D eigenvalue weighted by molar-refractivity contribution is 7.92. The Kier molecular flexibility index (Phi) is 5.03. The van der Waals surface area contributed by atoms with Gasteiger partial charge in [-0.25, -0.2) is 13.2 Å². The van der Waals surface area contributed by atoms with Crippen molar-refractivity contribution in [3.8, 4) is 0 Å². The van der Waals surface area contributed by atoms with E-state index in [0.29, 0.717) is 5.56 Å². The lowest BCUT2D eigenvalue weighted by Gasteiger charge is -2.10. The van der Waals surface area contributed by atoms with E-state index >= 15 is 0 Å². The molecule has 0 heterocycles. The summed E-state index contributed by atoms with van der Waals surface area (Å²) in [5.41, 5.74) is -5.65. The second-order valence-electron chi connectivity index (χ2n) is 5.17. The Labute approximate surface area is 144 Å². The quantitative estimate of drug-likeness (QED) is 0.620. The van der Waals surface area contributed by atoms with Gasteiger partial charge >= 0.3 is 11.5 Å². The lowest BCUT2D eigenvalue weighted by Crippen LogP contribution is -2.23. The molecule has 0 aliphatic rings. The average molecular weight is 389 g/mol. The van der Waals surface area contributed by atoms with E-state index in [4.69, 9.17) is 5.11 Å². The number of rotatable bonds is 5. The van der Waals surface area contributed by atoms with Crippen molar-refractivity contribution < 1.29 is 36.4 Å². The van der Waals surface area contributed by atoms with Gasteiger partial charge in [-0.05, 0) is 29.7 Å². The van der Waals surface area contributed by atoms with Crippen molar-refractivity contribution in [1.82, 2.24) is 0 Å². The number of carboxylic acid groups (broad SMARTS) is 1. The number of halogens is 3. The Morgan fingerprint density at radius 3 is 2.15 bits per heavy atom. The Balaban J connectivity index is 2.36. The van der Waals surface area contributed by atoms with Crippen molar-refractivity contribution in [2.75, 3.05) is 0 Å². The monoisotopic (exact) mass is 389 g/mol. The summed E-state index contributed by atoms with van der Waals surface area (Å²) in [6, 6.07) is 6.97. The summed E-state index contributed by atoms with van der Waals surface area (Å²) in [5, 5.41) is 19.9. The zero-order valence-electron chi connectivity index (χ0n) is 12.7. The molecule has 11 heteroatoms. The van der Waals surface area contributed by atoms with Crippen molar-refractivity contribution in [3.05, 3.63) is 69.3 Å². The maximum Gasteiger partial charge on any atom is 0.501 e. The van der Waals surface area contributed by atoms with Crippen LogP contribution in [0.2, 0.25) is 0 Å². The Bertz CT molecular complexity index is 968. The van der Waals surface area contributed by atoms with Crippen molar-refractivity contribution in [2.24, 2.45) is 0 Å². The fourth-order valence-electron chi connectivity index (χ4n) is 2.17. The van der Waals surface area contributed by atoms with Gasteiger partial charge in [0.2, 0.25) is 0 Å². The van der Waals surface area contributed by atoms with Gasteiger partial charge in [-0.15, -0.1) is 0 Å². The summed E-state index contributed by atoms with van der Waals surface area (Å²) in [6.45, 7) is 0. The molecule has 0 amide bonds. The van der Waals surface area contributed by atoms with Crippen LogP contribution in [0, 0.1) is 10.1 Å². The van der Waals surface area contributed by atoms with E-state index in [1.54, 1.807) is 0 Å². The summed E-state index contributed by atoms with van der Waals surface area (Å²) in [5.74, 6) is -1.40. The van der Waals surface area contributed by atoms with Gasteiger partial charge in [-0.1, -0.05) is 18.2 Å². The van der Waals surface area contributed by atoms with Crippen LogP contribution in [0.4, 0.5) is 18.9 Å². The standard InChI is InChI=1S/C15H10F3NO6S/c16-15(17,18)26(24,25)12-5-1-9(2-6-12)7-10-3-4-11(19(22)23)8-13(10)14(20)21/h1-6,8H,7H2,(H,20,21). The third-order valence-electron chi connectivity index (χ3n) is 3.47. The molecule has 7 nitrogen and oxygen atoms in total. The predicted molar refractivity (Wildman–Crippen MR) is 82.5 cm³/mol. The van der Waals surface area contributed by atoms with Crippen LogP contribution in [0.25, 0.3) is 0 Å². The van der Waals surface area contributed by atoms with E-state index in [2.05, 4.69) is 0 Å². The number of carbonyl (C=O) groups is 1. The van der Waals surface area contributed by atoms with Gasteiger partial charge in [0.15, 0.2) is 0 Å². The van der Waals surface area contributed by atoms with Crippen LogP contribution in [0.5, 0.6) is 0 Å². The topological polar surface area (TPSA) is 115 Å². The average Bonchev–Trinajstić information content (AvgIpc) is 2.54. The summed E-state index contributed by atoms with van der Waals surface area (Å²) >= 11 is 0. The van der Waals surface area contributed by atoms with Crippen LogP contribution in [0.1, 0.15) is 21.5 Å². The first-order valence-corrected chi connectivity index (χ1v) is 8.32. The summed E-state index contributed by atoms with van der Waals surface area (Å²) in [4.78, 5) is 20.3. The van der Waals surface area contributed by atoms with Crippen molar-refractivity contribution >= 4 is 21.5 Å². The first-order valence-electron chi connectivity index (χ1n) is 6.84. The predicted octanol–water partition coefficient (Wildman–Crippen LogP) is 3.18. The second-order valence-corrected chi connectivity index (χ2v) is 7.11. The molecule has 26 heavy (non-hydrogen) atoms. The van der Waals surface area contributed by atoms with Crippen LogP contribution >= 0.6 is 0 Å². The van der Waals surface area contributed by atoms with E-state index in [-0.39, 0.29) is 17.5 Å². The number of hydrogen-bond donors (Lipinski definition) is 1. The molecule has 0 atom stereocenters. The minimum atomic E-state index is -5.47. The minimum Gasteiger partial charge on any atom is -0.478 e. The van der Waals surface area contributed by atoms with Gasteiger partial charge in [0.1, 0.15) is 0 Å². The number of nitrogens with zero attached hydrogens (tertiary/aromatic N) is 1. The second kappa shape index (κ2) is 6.75. The molecular weight excluding hydrogens is 379 g/mol. The SMILES string of the molecule is O=C(O)c1cc([N+](=O)[O-])ccc1Cc1ccc(S(=O)(=O)C(F)(F)F)cc1. The fraction of sp³-hybridized carbons (Fsp3) is 0.133. The zero-order chi connectivity index (χ0) is 19.7. The van der Waals surface area contributed by atoms with Crippen LogP contribution < -0.4 is 0 Å². The molecule has 2 aromatic carbocycles. The fourth-order valence-corrected chi connectivity index (χ4v) is 2.93. The van der Waals surface area contributed by atoms with Crippen LogP contribution in [-0.2, 0) is 16.3 Å². The van der Waals surface area contributed by atoms with Crippen molar-refractivity contribution in [3.63, 3.8) is 0 Å². The molecule has 2 rings (SSSR count). The van der Waals surface area contributed by atoms with Gasteiger partial charge in [0.05, 0.1) is 15.4 Å². The first kappa shape index (κ1) is 19.4. The smallest absolute Gasteiger partial charge is 0.478 e. The molecule has 0 unspecified atom stereocenters.